The lowest BCUT2D eigenvalue weighted by atomic mass is 9.97. The molecule has 0 atom stereocenters. The van der Waals surface area contributed by atoms with Gasteiger partial charge in [0.25, 0.3) is 0 Å². The lowest BCUT2D eigenvalue weighted by Crippen LogP contribution is -2.24. The van der Waals surface area contributed by atoms with Crippen LogP contribution in [0.5, 0.6) is 0 Å². The molecule has 1 aromatic carbocycles. The van der Waals surface area contributed by atoms with E-state index in [0.717, 1.165) is 30.3 Å². The summed E-state index contributed by atoms with van der Waals surface area (Å²) in [5.41, 5.74) is 2.14. The number of carbonyl (C=O) groups is 2. The third-order valence-corrected chi connectivity index (χ3v) is 5.17. The van der Waals surface area contributed by atoms with Gasteiger partial charge in [0.15, 0.2) is 0 Å². The van der Waals surface area contributed by atoms with Crippen LogP contribution in [0.3, 0.4) is 0 Å². The second kappa shape index (κ2) is 13.3. The van der Waals surface area contributed by atoms with Crippen LogP contribution in [0.4, 0.5) is 26.3 Å². The normalized spacial score (nSPS) is 16.9. The SMILES string of the molecule is FC1(F)CCCCC1.FC1CC1.O=CNCc1nc2ccc(CNC(=O)CCC(F)(F)F)cc2[nH]1. The Morgan fingerprint density at radius 3 is 2.31 bits per heavy atom. The monoisotopic (exact) mass is 508 g/mol. The average molecular weight is 509 g/mol. The Morgan fingerprint density at radius 1 is 1.14 bits per heavy atom. The van der Waals surface area contributed by atoms with Crippen molar-refractivity contribution in [2.45, 2.75) is 89.1 Å². The second-order valence-electron chi connectivity index (χ2n) is 8.52. The second-order valence-corrected chi connectivity index (χ2v) is 8.52. The highest BCUT2D eigenvalue weighted by Gasteiger charge is 2.30. The number of nitrogens with zero attached hydrogens (tertiary/aromatic N) is 1. The van der Waals surface area contributed by atoms with Crippen LogP contribution in [0.15, 0.2) is 18.2 Å². The van der Waals surface area contributed by atoms with Crippen molar-refractivity contribution in [1.29, 1.82) is 0 Å². The molecule has 2 saturated carbocycles. The smallest absolute Gasteiger partial charge is 0.352 e. The molecule has 0 aliphatic heterocycles. The molecule has 35 heavy (non-hydrogen) atoms. The number of carbonyl (C=O) groups excluding carboxylic acids is 2. The van der Waals surface area contributed by atoms with Crippen LogP contribution in [0.1, 0.15) is 69.2 Å². The molecule has 0 radical (unpaired) electrons. The number of H-pyrrole nitrogens is 1. The molecule has 1 heterocycles. The molecule has 6 nitrogen and oxygen atoms in total. The Morgan fingerprint density at radius 2 is 1.80 bits per heavy atom. The van der Waals surface area contributed by atoms with E-state index in [1.807, 2.05) is 0 Å². The summed E-state index contributed by atoms with van der Waals surface area (Å²) in [5, 5.41) is 4.93. The Hall–Kier alpha value is -2.79. The van der Waals surface area contributed by atoms with Gasteiger partial charge in [0, 0.05) is 25.8 Å². The molecule has 3 N–H and O–H groups in total. The van der Waals surface area contributed by atoms with Crippen LogP contribution >= 0.6 is 0 Å². The third-order valence-electron chi connectivity index (χ3n) is 5.17. The van der Waals surface area contributed by atoms with Crippen molar-refractivity contribution in [2.24, 2.45) is 0 Å². The van der Waals surface area contributed by atoms with Crippen molar-refractivity contribution in [1.82, 2.24) is 20.6 Å². The minimum Gasteiger partial charge on any atom is -0.352 e. The standard InChI is InChI=1S/C14H15F3N4O2.C6H10F2.C3H5F/c15-14(16,17)4-3-13(23)19-6-9-1-2-10-11(5-9)21-12(20-10)7-18-8-22;7-6(8)4-2-1-3-5-6;4-3-1-2-3/h1-2,5,8H,3-4,6-7H2,(H,18,22)(H,19,23)(H,20,21);1-5H2;3H,1-2H2. The van der Waals surface area contributed by atoms with Crippen LogP contribution in [0.2, 0.25) is 0 Å². The van der Waals surface area contributed by atoms with Crippen LogP contribution in [0.25, 0.3) is 11.0 Å². The van der Waals surface area contributed by atoms with Crippen molar-refractivity contribution < 1.29 is 35.9 Å². The van der Waals surface area contributed by atoms with Gasteiger partial charge in [0.1, 0.15) is 12.0 Å². The summed E-state index contributed by atoms with van der Waals surface area (Å²) < 4.78 is 71.6. The number of halogens is 6. The highest BCUT2D eigenvalue weighted by molar-refractivity contribution is 5.77. The number of alkyl halides is 6. The van der Waals surface area contributed by atoms with Crippen molar-refractivity contribution in [3.8, 4) is 0 Å². The average Bonchev–Trinajstić information content (AvgIpc) is 3.46. The minimum atomic E-state index is -4.34. The Labute approximate surface area is 199 Å². The van der Waals surface area contributed by atoms with Crippen molar-refractivity contribution in [3.05, 3.63) is 29.6 Å². The van der Waals surface area contributed by atoms with Crippen molar-refractivity contribution >= 4 is 23.4 Å². The first kappa shape index (κ1) is 28.4. The van der Waals surface area contributed by atoms with Crippen LogP contribution in [0, 0.1) is 0 Å². The van der Waals surface area contributed by atoms with E-state index in [2.05, 4.69) is 20.6 Å². The van der Waals surface area contributed by atoms with Crippen molar-refractivity contribution in [2.75, 3.05) is 0 Å². The molecule has 2 fully saturated rings. The summed E-state index contributed by atoms with van der Waals surface area (Å²) in [6.07, 6.45) is -1.61. The van der Waals surface area contributed by atoms with Gasteiger partial charge in [-0.1, -0.05) is 12.5 Å². The molecule has 0 bridgehead atoms. The zero-order valence-corrected chi connectivity index (χ0v) is 19.2. The molecule has 196 valence electrons. The molecule has 2 aliphatic carbocycles. The van der Waals surface area contributed by atoms with E-state index >= 15 is 0 Å². The maximum Gasteiger partial charge on any atom is 0.389 e. The summed E-state index contributed by atoms with van der Waals surface area (Å²) >= 11 is 0. The van der Waals surface area contributed by atoms with Crippen LogP contribution in [-0.2, 0) is 22.7 Å². The van der Waals surface area contributed by atoms with E-state index in [-0.39, 0.29) is 25.9 Å². The van der Waals surface area contributed by atoms with Gasteiger partial charge in [-0.25, -0.2) is 18.2 Å². The number of rotatable bonds is 7. The third kappa shape index (κ3) is 12.5. The Bertz CT molecular complexity index is 936. The van der Waals surface area contributed by atoms with E-state index in [9.17, 15) is 35.9 Å². The molecule has 2 aromatic rings. The largest absolute Gasteiger partial charge is 0.389 e. The molecule has 12 heteroatoms. The molecule has 4 rings (SSSR count). The predicted octanol–water partition coefficient (Wildman–Crippen LogP) is 5.47. The lowest BCUT2D eigenvalue weighted by molar-refractivity contribution is -0.144. The quantitative estimate of drug-likeness (QED) is 0.342. The molecular weight excluding hydrogens is 478 g/mol. The van der Waals surface area contributed by atoms with Gasteiger partial charge in [0.05, 0.1) is 24.0 Å². The highest BCUT2D eigenvalue weighted by atomic mass is 19.4. The summed E-state index contributed by atoms with van der Waals surface area (Å²) in [5.74, 6) is -2.39. The number of fused-ring (bicyclic) bond motifs is 1. The fourth-order valence-electron chi connectivity index (χ4n) is 3.12. The number of imidazole rings is 1. The zero-order chi connectivity index (χ0) is 25.9. The lowest BCUT2D eigenvalue weighted by Gasteiger charge is -2.20. The summed E-state index contributed by atoms with van der Waals surface area (Å²) in [6.45, 7) is 0.398. The van der Waals surface area contributed by atoms with Crippen LogP contribution < -0.4 is 10.6 Å². The Balaban J connectivity index is 0.000000291. The van der Waals surface area contributed by atoms with Gasteiger partial charge in [0.2, 0.25) is 18.2 Å². The number of nitrogens with one attached hydrogen (secondary N) is 3. The van der Waals surface area contributed by atoms with Gasteiger partial charge >= 0.3 is 6.18 Å². The zero-order valence-electron chi connectivity index (χ0n) is 19.2. The molecule has 0 unspecified atom stereocenters. The first-order valence-electron chi connectivity index (χ1n) is 11.5. The van der Waals surface area contributed by atoms with E-state index in [0.29, 0.717) is 30.6 Å². The minimum absolute atomic E-state index is 0.118. The van der Waals surface area contributed by atoms with Gasteiger partial charge < -0.3 is 15.6 Å². The van der Waals surface area contributed by atoms with E-state index in [4.69, 9.17) is 0 Å². The molecular formula is C23H30F6N4O2. The van der Waals surface area contributed by atoms with E-state index in [1.165, 1.54) is 0 Å². The van der Waals surface area contributed by atoms with Crippen molar-refractivity contribution in [3.63, 3.8) is 0 Å². The number of hydrogen-bond donors (Lipinski definition) is 3. The first-order chi connectivity index (χ1) is 16.5. The maximum absolute atomic E-state index is 12.2. The fourth-order valence-corrected chi connectivity index (χ4v) is 3.12. The number of amides is 2. The predicted molar refractivity (Wildman–Crippen MR) is 118 cm³/mol. The number of aromatic amines is 1. The van der Waals surface area contributed by atoms with E-state index < -0.39 is 37.0 Å². The molecule has 0 saturated heterocycles. The van der Waals surface area contributed by atoms with Gasteiger partial charge in [-0.05, 0) is 43.4 Å². The summed E-state index contributed by atoms with van der Waals surface area (Å²) in [7, 11) is 0. The van der Waals surface area contributed by atoms with Gasteiger partial charge in [-0.3, -0.25) is 9.59 Å². The summed E-state index contributed by atoms with van der Waals surface area (Å²) in [6, 6.07) is 5.20. The number of aromatic nitrogens is 2. The highest BCUT2D eigenvalue weighted by Crippen LogP contribution is 2.32. The summed E-state index contributed by atoms with van der Waals surface area (Å²) in [4.78, 5) is 28.9. The first-order valence-corrected chi connectivity index (χ1v) is 11.5. The molecule has 0 spiro atoms. The van der Waals surface area contributed by atoms with E-state index in [1.54, 1.807) is 18.2 Å². The van der Waals surface area contributed by atoms with Gasteiger partial charge in [-0.2, -0.15) is 13.2 Å². The number of benzene rings is 1. The Kier molecular flexibility index (Phi) is 10.8. The molecule has 2 aliphatic rings. The molecule has 2 amide bonds. The topological polar surface area (TPSA) is 86.9 Å². The van der Waals surface area contributed by atoms with Crippen LogP contribution in [-0.4, -0.2) is 40.6 Å². The number of hydrogen-bond acceptors (Lipinski definition) is 3. The van der Waals surface area contributed by atoms with Gasteiger partial charge in [-0.15, -0.1) is 0 Å². The maximum atomic E-state index is 12.2. The molecule has 1 aromatic heterocycles. The fraction of sp³-hybridized carbons (Fsp3) is 0.609.